The van der Waals surface area contributed by atoms with Crippen molar-refractivity contribution in [3.05, 3.63) is 18.4 Å². The Hall–Kier alpha value is 0.0900. The minimum Gasteiger partial charge on any atom is -0.131 e. The molecule has 0 aromatic rings. The van der Waals surface area contributed by atoms with Gasteiger partial charge in [0.1, 0.15) is 0 Å². The third kappa shape index (κ3) is 6.09. The molecule has 0 rings (SSSR count). The van der Waals surface area contributed by atoms with Crippen LogP contribution in [0.1, 0.15) is 13.8 Å². The summed E-state index contributed by atoms with van der Waals surface area (Å²) in [6, 6.07) is 0. The highest BCUT2D eigenvalue weighted by Crippen LogP contribution is 2.08. The van der Waals surface area contributed by atoms with E-state index in [9.17, 15) is 0 Å². The standard InChI is InChI=1S/C6H10S/c1-4-5-7-6(2)3/h5-6H,2H2,1,3H3. The zero-order chi connectivity index (χ0) is 5.70. The molecule has 2 radical (unpaired) electrons. The summed E-state index contributed by atoms with van der Waals surface area (Å²) < 4.78 is 0. The van der Waals surface area contributed by atoms with E-state index in [1.165, 1.54) is 0 Å². The van der Waals surface area contributed by atoms with Gasteiger partial charge in [-0.15, -0.1) is 11.8 Å². The summed E-state index contributed by atoms with van der Waals surface area (Å²) in [5, 5.41) is 2.38. The lowest BCUT2D eigenvalue weighted by Crippen LogP contribution is -1.80. The number of allylic oxidation sites excluding steroid dienone is 1. The maximum Gasteiger partial charge on any atom is 0.00606 e. The lowest BCUT2D eigenvalue weighted by Gasteiger charge is -1.93. The maximum atomic E-state index is 3.77. The summed E-state index contributed by atoms with van der Waals surface area (Å²) in [5.74, 6) is 0. The van der Waals surface area contributed by atoms with Gasteiger partial charge in [-0.05, 0) is 25.3 Å². The Labute approximate surface area is 50.0 Å². The first-order valence-corrected chi connectivity index (χ1v) is 3.19. The highest BCUT2D eigenvalue weighted by Gasteiger charge is 1.84. The van der Waals surface area contributed by atoms with Gasteiger partial charge in [-0.2, -0.15) is 0 Å². The number of hydrogen-bond donors (Lipinski definition) is 0. The van der Waals surface area contributed by atoms with Gasteiger partial charge in [-0.25, -0.2) is 0 Å². The van der Waals surface area contributed by atoms with Crippen molar-refractivity contribution in [2.45, 2.75) is 19.1 Å². The molecule has 0 aliphatic heterocycles. The average molecular weight is 114 g/mol. The molecule has 0 saturated carbocycles. The molecule has 0 nitrogen and oxygen atoms in total. The molecule has 0 aliphatic rings. The monoisotopic (exact) mass is 114 g/mol. The van der Waals surface area contributed by atoms with Crippen LogP contribution in [0.4, 0.5) is 0 Å². The Morgan fingerprint density at radius 1 is 1.86 bits per heavy atom. The lowest BCUT2D eigenvalue weighted by molar-refractivity contribution is 1.26. The summed E-state index contributed by atoms with van der Waals surface area (Å²) >= 11 is 1.68. The molecule has 1 atom stereocenters. The summed E-state index contributed by atoms with van der Waals surface area (Å²) in [6.07, 6.45) is 2.90. The zero-order valence-corrected chi connectivity index (χ0v) is 5.59. The van der Waals surface area contributed by atoms with Gasteiger partial charge in [0.05, 0.1) is 0 Å². The molecule has 0 bridgehead atoms. The van der Waals surface area contributed by atoms with Gasteiger partial charge < -0.3 is 0 Å². The van der Waals surface area contributed by atoms with E-state index >= 15 is 0 Å². The first kappa shape index (κ1) is 7.09. The fraction of sp³-hybridized carbons (Fsp3) is 0.500. The molecule has 0 amide bonds. The Morgan fingerprint density at radius 3 is 2.57 bits per heavy atom. The second-order valence-corrected chi connectivity index (χ2v) is 2.67. The molecule has 0 fully saturated rings. The molecule has 1 unspecified atom stereocenters. The SMILES string of the molecule is [CH2]C(C)S/C=[C]/C. The van der Waals surface area contributed by atoms with Crippen molar-refractivity contribution >= 4 is 11.8 Å². The second kappa shape index (κ2) is 4.25. The summed E-state index contributed by atoms with van der Waals surface area (Å²) in [5.41, 5.74) is 0. The Kier molecular flexibility index (Phi) is 4.31. The van der Waals surface area contributed by atoms with Crippen LogP contribution in [0.2, 0.25) is 0 Å². The normalized spacial score (nSPS) is 11.4. The molecule has 0 N–H and O–H groups in total. The number of thioether (sulfide) groups is 1. The molecule has 40 valence electrons. The maximum absolute atomic E-state index is 3.77. The molecule has 0 spiro atoms. The second-order valence-electron chi connectivity index (χ2n) is 1.35. The third-order valence-corrected chi connectivity index (χ3v) is 1.25. The smallest absolute Gasteiger partial charge is 0.00606 e. The first-order valence-electron chi connectivity index (χ1n) is 2.25. The van der Waals surface area contributed by atoms with Crippen molar-refractivity contribution in [3.8, 4) is 0 Å². The van der Waals surface area contributed by atoms with Gasteiger partial charge in [-0.3, -0.25) is 0 Å². The van der Waals surface area contributed by atoms with Crippen molar-refractivity contribution in [2.24, 2.45) is 0 Å². The van der Waals surface area contributed by atoms with Crippen LogP contribution >= 0.6 is 11.8 Å². The zero-order valence-electron chi connectivity index (χ0n) is 4.77. The van der Waals surface area contributed by atoms with Crippen LogP contribution in [0.5, 0.6) is 0 Å². The molecule has 1 heteroatoms. The van der Waals surface area contributed by atoms with Gasteiger partial charge in [0.2, 0.25) is 0 Å². The molecular weight excluding hydrogens is 104 g/mol. The Balaban J connectivity index is 2.97. The minimum absolute atomic E-state index is 0.451. The van der Waals surface area contributed by atoms with E-state index in [2.05, 4.69) is 19.9 Å². The molecule has 7 heavy (non-hydrogen) atoms. The predicted octanol–water partition coefficient (Wildman–Crippen LogP) is 2.28. The van der Waals surface area contributed by atoms with Gasteiger partial charge in [-0.1, -0.05) is 6.92 Å². The average Bonchev–Trinajstić information content (AvgIpc) is 1.61. The highest BCUT2D eigenvalue weighted by molar-refractivity contribution is 8.02. The Morgan fingerprint density at radius 2 is 2.43 bits per heavy atom. The number of rotatable bonds is 2. The predicted molar refractivity (Wildman–Crippen MR) is 35.9 cm³/mol. The third-order valence-electron chi connectivity index (χ3n) is 0.418. The Bertz CT molecular complexity index is 55.2. The highest BCUT2D eigenvalue weighted by atomic mass is 32.2. The summed E-state index contributed by atoms with van der Waals surface area (Å²) in [7, 11) is 0. The van der Waals surface area contributed by atoms with E-state index in [1.807, 2.05) is 12.3 Å². The van der Waals surface area contributed by atoms with E-state index in [0.717, 1.165) is 0 Å². The lowest BCUT2D eigenvalue weighted by atomic mass is 10.6. The minimum atomic E-state index is 0.451. The van der Waals surface area contributed by atoms with Gasteiger partial charge in [0, 0.05) is 5.25 Å². The topological polar surface area (TPSA) is 0 Å². The fourth-order valence-corrected chi connectivity index (χ4v) is 0.553. The quantitative estimate of drug-likeness (QED) is 0.530. The summed E-state index contributed by atoms with van der Waals surface area (Å²) in [4.78, 5) is 0. The van der Waals surface area contributed by atoms with Crippen molar-refractivity contribution < 1.29 is 0 Å². The number of hydrogen-bond acceptors (Lipinski definition) is 1. The van der Waals surface area contributed by atoms with E-state index in [-0.39, 0.29) is 0 Å². The van der Waals surface area contributed by atoms with Crippen molar-refractivity contribution in [2.75, 3.05) is 0 Å². The molecular formula is C6H10S. The van der Waals surface area contributed by atoms with Crippen molar-refractivity contribution in [1.29, 1.82) is 0 Å². The van der Waals surface area contributed by atoms with Crippen LogP contribution in [0.25, 0.3) is 0 Å². The first-order chi connectivity index (χ1) is 3.27. The summed E-state index contributed by atoms with van der Waals surface area (Å²) in [6.45, 7) is 7.71. The largest absolute Gasteiger partial charge is 0.131 e. The molecule has 0 saturated heterocycles. The molecule has 0 aromatic heterocycles. The van der Waals surface area contributed by atoms with Crippen LogP contribution in [0.3, 0.4) is 0 Å². The van der Waals surface area contributed by atoms with Crippen LogP contribution in [-0.2, 0) is 0 Å². The van der Waals surface area contributed by atoms with Gasteiger partial charge in [0.15, 0.2) is 0 Å². The van der Waals surface area contributed by atoms with Gasteiger partial charge >= 0.3 is 0 Å². The van der Waals surface area contributed by atoms with Crippen LogP contribution in [-0.4, -0.2) is 5.25 Å². The van der Waals surface area contributed by atoms with Crippen molar-refractivity contribution in [1.82, 2.24) is 0 Å². The molecule has 0 heterocycles. The van der Waals surface area contributed by atoms with Crippen LogP contribution < -0.4 is 0 Å². The van der Waals surface area contributed by atoms with E-state index in [0.29, 0.717) is 5.25 Å². The van der Waals surface area contributed by atoms with Crippen LogP contribution in [0, 0.1) is 13.0 Å². The van der Waals surface area contributed by atoms with E-state index in [4.69, 9.17) is 0 Å². The fourth-order valence-electron chi connectivity index (χ4n) is 0.184. The molecule has 0 aromatic carbocycles. The van der Waals surface area contributed by atoms with Crippen LogP contribution in [0.15, 0.2) is 5.41 Å². The van der Waals surface area contributed by atoms with Gasteiger partial charge in [0.25, 0.3) is 0 Å². The van der Waals surface area contributed by atoms with E-state index < -0.39 is 0 Å². The van der Waals surface area contributed by atoms with Crippen molar-refractivity contribution in [3.63, 3.8) is 0 Å². The molecule has 0 aliphatic carbocycles. The van der Waals surface area contributed by atoms with E-state index in [1.54, 1.807) is 11.8 Å².